The van der Waals surface area contributed by atoms with Gasteiger partial charge < -0.3 is 14.8 Å². The number of amides is 1. The van der Waals surface area contributed by atoms with Gasteiger partial charge in [-0.05, 0) is 51.0 Å². The third-order valence-corrected chi connectivity index (χ3v) is 4.93. The molecule has 0 saturated carbocycles. The van der Waals surface area contributed by atoms with E-state index in [0.29, 0.717) is 32.7 Å². The standard InChI is InChI=1S/C23H30N4O3/c1-5-30-14-8-12-24-20(28)11-13-27-23-21(16(2)15-17(3)25-23)22(26-27)18-9-6-7-10-19(18)29-4/h6-7,9-10,15H,5,8,11-14H2,1-4H3,(H,24,28). The van der Waals surface area contributed by atoms with Gasteiger partial charge in [-0.25, -0.2) is 9.67 Å². The fraction of sp³-hybridized carbons (Fsp3) is 0.435. The quantitative estimate of drug-likeness (QED) is 0.516. The highest BCUT2D eigenvalue weighted by atomic mass is 16.5. The van der Waals surface area contributed by atoms with E-state index < -0.39 is 0 Å². The molecule has 0 saturated heterocycles. The lowest BCUT2D eigenvalue weighted by Crippen LogP contribution is -2.26. The third-order valence-electron chi connectivity index (χ3n) is 4.93. The van der Waals surface area contributed by atoms with E-state index in [1.54, 1.807) is 7.11 Å². The number of carbonyl (C=O) groups excluding carboxylic acids is 1. The summed E-state index contributed by atoms with van der Waals surface area (Å²) in [7, 11) is 1.66. The molecule has 0 atom stereocenters. The van der Waals surface area contributed by atoms with Crippen LogP contribution in [-0.4, -0.2) is 47.5 Å². The van der Waals surface area contributed by atoms with Crippen molar-refractivity contribution < 1.29 is 14.3 Å². The average Bonchev–Trinajstić information content (AvgIpc) is 3.10. The molecule has 3 aromatic rings. The summed E-state index contributed by atoms with van der Waals surface area (Å²) in [5, 5.41) is 8.76. The van der Waals surface area contributed by atoms with Gasteiger partial charge in [-0.2, -0.15) is 5.10 Å². The highest BCUT2D eigenvalue weighted by Crippen LogP contribution is 2.35. The number of hydrogen-bond acceptors (Lipinski definition) is 5. The van der Waals surface area contributed by atoms with E-state index in [-0.39, 0.29) is 5.91 Å². The van der Waals surface area contributed by atoms with E-state index in [1.165, 1.54) is 0 Å². The van der Waals surface area contributed by atoms with E-state index in [1.807, 2.05) is 42.8 Å². The molecule has 7 nitrogen and oxygen atoms in total. The molecular weight excluding hydrogens is 380 g/mol. The lowest BCUT2D eigenvalue weighted by molar-refractivity contribution is -0.121. The Bertz CT molecular complexity index is 1010. The Morgan fingerprint density at radius 1 is 1.23 bits per heavy atom. The lowest BCUT2D eigenvalue weighted by Gasteiger charge is -2.06. The monoisotopic (exact) mass is 410 g/mol. The molecular formula is C23H30N4O3. The Morgan fingerprint density at radius 3 is 2.80 bits per heavy atom. The van der Waals surface area contributed by atoms with Crippen molar-refractivity contribution in [2.75, 3.05) is 26.9 Å². The number of para-hydroxylation sites is 1. The van der Waals surface area contributed by atoms with Gasteiger partial charge in [-0.3, -0.25) is 4.79 Å². The van der Waals surface area contributed by atoms with Gasteiger partial charge in [0, 0.05) is 37.4 Å². The van der Waals surface area contributed by atoms with Gasteiger partial charge in [-0.1, -0.05) is 12.1 Å². The Labute approximate surface area is 177 Å². The molecule has 0 aliphatic rings. The minimum atomic E-state index is -0.00151. The lowest BCUT2D eigenvalue weighted by atomic mass is 10.0. The highest BCUT2D eigenvalue weighted by molar-refractivity contribution is 5.95. The topological polar surface area (TPSA) is 78.3 Å². The maximum absolute atomic E-state index is 12.3. The molecule has 160 valence electrons. The molecule has 1 N–H and O–H groups in total. The molecule has 1 aromatic carbocycles. The normalized spacial score (nSPS) is 11.1. The summed E-state index contributed by atoms with van der Waals surface area (Å²) < 4.78 is 12.7. The number of rotatable bonds is 10. The number of pyridine rings is 1. The number of hydrogen-bond donors (Lipinski definition) is 1. The molecule has 0 fully saturated rings. The minimum Gasteiger partial charge on any atom is -0.496 e. The molecule has 0 spiro atoms. The summed E-state index contributed by atoms with van der Waals surface area (Å²) in [6.45, 7) is 8.42. The predicted octanol–water partition coefficient (Wildman–Crippen LogP) is 3.66. The predicted molar refractivity (Wildman–Crippen MR) is 118 cm³/mol. The van der Waals surface area contributed by atoms with Crippen molar-refractivity contribution in [3.8, 4) is 17.0 Å². The second-order valence-electron chi connectivity index (χ2n) is 7.20. The zero-order valence-corrected chi connectivity index (χ0v) is 18.2. The highest BCUT2D eigenvalue weighted by Gasteiger charge is 2.19. The first-order valence-corrected chi connectivity index (χ1v) is 10.4. The summed E-state index contributed by atoms with van der Waals surface area (Å²) in [6.07, 6.45) is 1.15. The van der Waals surface area contributed by atoms with Crippen LogP contribution in [0, 0.1) is 13.8 Å². The van der Waals surface area contributed by atoms with Crippen LogP contribution in [0.1, 0.15) is 31.0 Å². The first-order chi connectivity index (χ1) is 14.5. The van der Waals surface area contributed by atoms with E-state index in [0.717, 1.165) is 45.7 Å². The van der Waals surface area contributed by atoms with Crippen molar-refractivity contribution in [3.05, 3.63) is 41.6 Å². The van der Waals surface area contributed by atoms with Crippen LogP contribution in [0.4, 0.5) is 0 Å². The van der Waals surface area contributed by atoms with E-state index >= 15 is 0 Å². The van der Waals surface area contributed by atoms with Crippen molar-refractivity contribution in [2.45, 2.75) is 40.2 Å². The van der Waals surface area contributed by atoms with Crippen LogP contribution in [0.3, 0.4) is 0 Å². The second kappa shape index (κ2) is 10.2. The minimum absolute atomic E-state index is 0.00151. The van der Waals surface area contributed by atoms with Gasteiger partial charge in [0.25, 0.3) is 0 Å². The van der Waals surface area contributed by atoms with Gasteiger partial charge >= 0.3 is 0 Å². The first-order valence-electron chi connectivity index (χ1n) is 10.4. The number of nitrogens with zero attached hydrogens (tertiary/aromatic N) is 3. The summed E-state index contributed by atoms with van der Waals surface area (Å²) in [5.41, 5.74) is 4.55. The maximum Gasteiger partial charge on any atom is 0.221 e. The van der Waals surface area contributed by atoms with Gasteiger partial charge in [0.1, 0.15) is 11.4 Å². The van der Waals surface area contributed by atoms with Crippen LogP contribution < -0.4 is 10.1 Å². The van der Waals surface area contributed by atoms with Crippen LogP contribution in [-0.2, 0) is 16.1 Å². The van der Waals surface area contributed by atoms with Gasteiger partial charge in [0.05, 0.1) is 19.0 Å². The smallest absolute Gasteiger partial charge is 0.221 e. The van der Waals surface area contributed by atoms with Gasteiger partial charge in [0.15, 0.2) is 5.65 Å². The molecule has 0 aliphatic carbocycles. The van der Waals surface area contributed by atoms with Crippen molar-refractivity contribution in [1.29, 1.82) is 0 Å². The molecule has 0 aliphatic heterocycles. The summed E-state index contributed by atoms with van der Waals surface area (Å²) >= 11 is 0. The van der Waals surface area contributed by atoms with Crippen LogP contribution >= 0.6 is 0 Å². The average molecular weight is 411 g/mol. The zero-order chi connectivity index (χ0) is 21.5. The molecule has 30 heavy (non-hydrogen) atoms. The maximum atomic E-state index is 12.3. The fourth-order valence-corrected chi connectivity index (χ4v) is 3.54. The van der Waals surface area contributed by atoms with Crippen LogP contribution in [0.25, 0.3) is 22.3 Å². The van der Waals surface area contributed by atoms with Crippen molar-refractivity contribution in [2.24, 2.45) is 0 Å². The largest absolute Gasteiger partial charge is 0.496 e. The molecule has 0 unspecified atom stereocenters. The molecule has 2 aromatic heterocycles. The Hall–Kier alpha value is -2.93. The number of fused-ring (bicyclic) bond motifs is 1. The molecule has 0 radical (unpaired) electrons. The summed E-state index contributed by atoms with van der Waals surface area (Å²) in [5.74, 6) is 0.759. The second-order valence-corrected chi connectivity index (χ2v) is 7.20. The number of aromatic nitrogens is 3. The Kier molecular flexibility index (Phi) is 7.41. The first kappa shape index (κ1) is 21.8. The molecule has 3 rings (SSSR count). The summed E-state index contributed by atoms with van der Waals surface area (Å²) in [6, 6.07) is 9.88. The van der Waals surface area contributed by atoms with Gasteiger partial charge in [-0.15, -0.1) is 0 Å². The summed E-state index contributed by atoms with van der Waals surface area (Å²) in [4.78, 5) is 17.0. The van der Waals surface area contributed by atoms with Crippen LogP contribution in [0.5, 0.6) is 5.75 Å². The number of benzene rings is 1. The number of methoxy groups -OCH3 is 1. The number of aryl methyl sites for hydroxylation is 3. The van der Waals surface area contributed by atoms with Crippen molar-refractivity contribution in [1.82, 2.24) is 20.1 Å². The van der Waals surface area contributed by atoms with E-state index in [9.17, 15) is 4.79 Å². The van der Waals surface area contributed by atoms with Crippen molar-refractivity contribution in [3.63, 3.8) is 0 Å². The van der Waals surface area contributed by atoms with E-state index in [2.05, 4.69) is 18.3 Å². The van der Waals surface area contributed by atoms with E-state index in [4.69, 9.17) is 19.6 Å². The third kappa shape index (κ3) is 4.97. The Morgan fingerprint density at radius 2 is 2.03 bits per heavy atom. The van der Waals surface area contributed by atoms with Crippen LogP contribution in [0.15, 0.2) is 30.3 Å². The fourth-order valence-electron chi connectivity index (χ4n) is 3.54. The molecule has 7 heteroatoms. The molecule has 2 heterocycles. The zero-order valence-electron chi connectivity index (χ0n) is 18.2. The SMILES string of the molecule is CCOCCCNC(=O)CCn1nc(-c2ccccc2OC)c2c(C)cc(C)nc21. The number of nitrogens with one attached hydrogen (secondary N) is 1. The Balaban J connectivity index is 1.84. The molecule has 0 bridgehead atoms. The number of ether oxygens (including phenoxy) is 2. The molecule has 1 amide bonds. The number of carbonyl (C=O) groups is 1. The van der Waals surface area contributed by atoms with Crippen LogP contribution in [0.2, 0.25) is 0 Å². The van der Waals surface area contributed by atoms with Gasteiger partial charge in [0.2, 0.25) is 5.91 Å². The van der Waals surface area contributed by atoms with Crippen molar-refractivity contribution >= 4 is 16.9 Å².